The molecule has 0 spiro atoms. The molecule has 0 aliphatic rings. The molecular weight excluding hydrogens is 270 g/mol. The van der Waals surface area contributed by atoms with E-state index in [1.807, 2.05) is 37.2 Å². The summed E-state index contributed by atoms with van der Waals surface area (Å²) >= 11 is 0. The van der Waals surface area contributed by atoms with Crippen molar-refractivity contribution < 1.29 is 19.4 Å². The van der Waals surface area contributed by atoms with Gasteiger partial charge in [-0.3, -0.25) is 0 Å². The molecule has 0 aromatic heterocycles. The van der Waals surface area contributed by atoms with Crippen molar-refractivity contribution in [1.82, 2.24) is 0 Å². The highest BCUT2D eigenvalue weighted by Gasteiger charge is 2.18. The third-order valence-corrected chi connectivity index (χ3v) is 3.20. The lowest BCUT2D eigenvalue weighted by Crippen LogP contribution is -2.12. The molecule has 0 aliphatic carbocycles. The molecule has 2 aromatic carbocycles. The average Bonchev–Trinajstić information content (AvgIpc) is 2.45. The summed E-state index contributed by atoms with van der Waals surface area (Å²) in [6.07, 6.45) is 0. The van der Waals surface area contributed by atoms with E-state index >= 15 is 0 Å². The van der Waals surface area contributed by atoms with Crippen LogP contribution in [0, 0.1) is 0 Å². The van der Waals surface area contributed by atoms with E-state index in [4.69, 9.17) is 4.74 Å². The van der Waals surface area contributed by atoms with Gasteiger partial charge in [-0.25, -0.2) is 9.59 Å². The largest absolute Gasteiger partial charge is 0.478 e. The Hall–Kier alpha value is -2.56. The van der Waals surface area contributed by atoms with Gasteiger partial charge in [0, 0.05) is 19.8 Å². The van der Waals surface area contributed by atoms with Crippen LogP contribution in [0.4, 0.5) is 5.69 Å². The lowest BCUT2D eigenvalue weighted by atomic mass is 10.0. The highest BCUT2D eigenvalue weighted by atomic mass is 16.5. The molecule has 0 atom stereocenters. The van der Waals surface area contributed by atoms with E-state index in [0.29, 0.717) is 0 Å². The molecular formula is C16H17NO4. The number of fused-ring (bicyclic) bond motifs is 1. The molecule has 0 radical (unpaired) electrons. The van der Waals surface area contributed by atoms with E-state index in [1.54, 1.807) is 13.0 Å². The zero-order valence-corrected chi connectivity index (χ0v) is 12.2. The Bertz CT molecular complexity index is 707. The van der Waals surface area contributed by atoms with Crippen molar-refractivity contribution in [1.29, 1.82) is 0 Å². The number of hydrogen-bond donors (Lipinski definition) is 1. The fourth-order valence-corrected chi connectivity index (χ4v) is 2.12. The third-order valence-electron chi connectivity index (χ3n) is 3.20. The normalized spacial score (nSPS) is 10.4. The van der Waals surface area contributed by atoms with Gasteiger partial charge in [-0.1, -0.05) is 6.07 Å². The van der Waals surface area contributed by atoms with Gasteiger partial charge in [-0.15, -0.1) is 0 Å². The van der Waals surface area contributed by atoms with Gasteiger partial charge in [0.15, 0.2) is 0 Å². The van der Waals surface area contributed by atoms with Crippen molar-refractivity contribution in [3.8, 4) is 0 Å². The van der Waals surface area contributed by atoms with E-state index < -0.39 is 11.9 Å². The van der Waals surface area contributed by atoms with Gasteiger partial charge in [0.1, 0.15) is 0 Å². The van der Waals surface area contributed by atoms with E-state index in [1.165, 1.54) is 6.07 Å². The Morgan fingerprint density at radius 3 is 2.33 bits per heavy atom. The van der Waals surface area contributed by atoms with Crippen LogP contribution in [0.15, 0.2) is 30.3 Å². The van der Waals surface area contributed by atoms with Gasteiger partial charge in [0.2, 0.25) is 0 Å². The maximum atomic E-state index is 11.9. The van der Waals surface area contributed by atoms with E-state index in [9.17, 15) is 14.7 Å². The summed E-state index contributed by atoms with van der Waals surface area (Å²) in [6, 6.07) is 8.74. The van der Waals surface area contributed by atoms with Crippen molar-refractivity contribution in [2.45, 2.75) is 6.92 Å². The molecule has 0 bridgehead atoms. The van der Waals surface area contributed by atoms with Crippen molar-refractivity contribution in [2.75, 3.05) is 25.6 Å². The summed E-state index contributed by atoms with van der Waals surface area (Å²) in [5.41, 5.74) is 0.994. The fourth-order valence-electron chi connectivity index (χ4n) is 2.12. The van der Waals surface area contributed by atoms with Crippen LogP contribution < -0.4 is 4.90 Å². The van der Waals surface area contributed by atoms with Crippen LogP contribution >= 0.6 is 0 Å². The quantitative estimate of drug-likeness (QED) is 0.876. The zero-order valence-electron chi connectivity index (χ0n) is 12.2. The predicted octanol–water partition coefficient (Wildman–Crippen LogP) is 2.78. The number of esters is 1. The third kappa shape index (κ3) is 2.97. The molecule has 0 heterocycles. The smallest absolute Gasteiger partial charge is 0.339 e. The standard InChI is InChI=1S/C16H17NO4/c1-4-21-16(20)14-8-10-5-6-12(17(2)3)7-11(10)9-13(14)15(18)19/h5-9H,4H2,1-3H3,(H,18,19). The molecule has 5 nitrogen and oxygen atoms in total. The topological polar surface area (TPSA) is 66.8 Å². The van der Waals surface area contributed by atoms with Gasteiger partial charge in [-0.2, -0.15) is 0 Å². The Labute approximate surface area is 122 Å². The van der Waals surface area contributed by atoms with Crippen molar-refractivity contribution in [2.24, 2.45) is 0 Å². The van der Waals surface area contributed by atoms with Crippen molar-refractivity contribution >= 4 is 28.4 Å². The minimum atomic E-state index is -1.14. The second kappa shape index (κ2) is 5.83. The molecule has 0 saturated carbocycles. The van der Waals surface area contributed by atoms with Gasteiger partial charge in [0.25, 0.3) is 0 Å². The number of carbonyl (C=O) groups excluding carboxylic acids is 1. The van der Waals surface area contributed by atoms with E-state index in [0.717, 1.165) is 16.5 Å². The maximum Gasteiger partial charge on any atom is 0.339 e. The minimum Gasteiger partial charge on any atom is -0.478 e. The van der Waals surface area contributed by atoms with Gasteiger partial charge in [-0.05, 0) is 42.0 Å². The number of anilines is 1. The van der Waals surface area contributed by atoms with Crippen LogP contribution in [0.3, 0.4) is 0 Å². The van der Waals surface area contributed by atoms with Crippen LogP contribution in [0.1, 0.15) is 27.6 Å². The Balaban J connectivity index is 2.64. The number of carboxylic acid groups (broad SMARTS) is 1. The highest BCUT2D eigenvalue weighted by molar-refractivity contribution is 6.07. The Kier molecular flexibility index (Phi) is 4.12. The first kappa shape index (κ1) is 14.8. The lowest BCUT2D eigenvalue weighted by Gasteiger charge is -2.14. The lowest BCUT2D eigenvalue weighted by molar-refractivity contribution is 0.0515. The average molecular weight is 287 g/mol. The summed E-state index contributed by atoms with van der Waals surface area (Å²) < 4.78 is 4.92. The highest BCUT2D eigenvalue weighted by Crippen LogP contribution is 2.25. The van der Waals surface area contributed by atoms with E-state index in [2.05, 4.69) is 0 Å². The van der Waals surface area contributed by atoms with Gasteiger partial charge < -0.3 is 14.7 Å². The van der Waals surface area contributed by atoms with Crippen molar-refractivity contribution in [3.05, 3.63) is 41.5 Å². The summed E-state index contributed by atoms with van der Waals surface area (Å²) in [5, 5.41) is 10.9. The zero-order chi connectivity index (χ0) is 15.6. The Morgan fingerprint density at radius 2 is 1.76 bits per heavy atom. The monoisotopic (exact) mass is 287 g/mol. The van der Waals surface area contributed by atoms with Crippen LogP contribution in [-0.2, 0) is 4.74 Å². The number of benzene rings is 2. The number of aromatic carboxylic acids is 1. The molecule has 2 rings (SSSR count). The summed E-state index contributed by atoms with van der Waals surface area (Å²) in [5.74, 6) is -1.76. The van der Waals surface area contributed by atoms with Gasteiger partial charge in [0.05, 0.1) is 17.7 Å². The Morgan fingerprint density at radius 1 is 1.10 bits per heavy atom. The molecule has 2 aromatic rings. The number of carbonyl (C=O) groups is 2. The predicted molar refractivity (Wildman–Crippen MR) is 81.2 cm³/mol. The number of carboxylic acids is 1. The first-order valence-electron chi connectivity index (χ1n) is 6.59. The molecule has 0 amide bonds. The molecule has 0 fully saturated rings. The fraction of sp³-hybridized carbons (Fsp3) is 0.250. The van der Waals surface area contributed by atoms with Crippen LogP contribution in [0.2, 0.25) is 0 Å². The summed E-state index contributed by atoms with van der Waals surface area (Å²) in [7, 11) is 3.82. The van der Waals surface area contributed by atoms with Crippen LogP contribution in [0.5, 0.6) is 0 Å². The first-order valence-corrected chi connectivity index (χ1v) is 6.59. The van der Waals surface area contributed by atoms with Crippen LogP contribution in [-0.4, -0.2) is 37.7 Å². The molecule has 0 saturated heterocycles. The second-order valence-electron chi connectivity index (χ2n) is 4.85. The second-order valence-corrected chi connectivity index (χ2v) is 4.85. The SMILES string of the molecule is CCOC(=O)c1cc2ccc(N(C)C)cc2cc1C(=O)O. The van der Waals surface area contributed by atoms with E-state index in [-0.39, 0.29) is 17.7 Å². The molecule has 0 aliphatic heterocycles. The molecule has 5 heteroatoms. The van der Waals surface area contributed by atoms with Crippen LogP contribution in [0.25, 0.3) is 10.8 Å². The number of hydrogen-bond acceptors (Lipinski definition) is 4. The number of nitrogens with zero attached hydrogens (tertiary/aromatic N) is 1. The molecule has 110 valence electrons. The van der Waals surface area contributed by atoms with Gasteiger partial charge >= 0.3 is 11.9 Å². The summed E-state index contributed by atoms with van der Waals surface area (Å²) in [4.78, 5) is 25.2. The first-order chi connectivity index (χ1) is 9.93. The maximum absolute atomic E-state index is 11.9. The minimum absolute atomic E-state index is 0.0446. The molecule has 1 N–H and O–H groups in total. The summed E-state index contributed by atoms with van der Waals surface area (Å²) in [6.45, 7) is 1.89. The molecule has 21 heavy (non-hydrogen) atoms. The number of rotatable bonds is 4. The number of ether oxygens (including phenoxy) is 1. The van der Waals surface area contributed by atoms with Crippen molar-refractivity contribution in [3.63, 3.8) is 0 Å². The molecule has 0 unspecified atom stereocenters.